The molecule has 1 aromatic rings. The van der Waals surface area contributed by atoms with Crippen LogP contribution in [0.4, 0.5) is 0 Å². The van der Waals surface area contributed by atoms with E-state index in [-0.39, 0.29) is 5.91 Å². The van der Waals surface area contributed by atoms with Gasteiger partial charge < -0.3 is 15.1 Å². The molecule has 0 spiro atoms. The summed E-state index contributed by atoms with van der Waals surface area (Å²) < 4.78 is 0. The Morgan fingerprint density at radius 2 is 1.93 bits per heavy atom. The largest absolute Gasteiger partial charge is 0.356 e. The van der Waals surface area contributed by atoms with Gasteiger partial charge in [-0.25, -0.2) is 0 Å². The maximum absolute atomic E-state index is 12.5. The molecule has 152 valence electrons. The van der Waals surface area contributed by atoms with Crippen molar-refractivity contribution in [3.63, 3.8) is 0 Å². The van der Waals surface area contributed by atoms with E-state index in [2.05, 4.69) is 63.4 Å². The molecule has 1 aromatic carbocycles. The third-order valence-corrected chi connectivity index (χ3v) is 5.83. The number of amides is 1. The molecule has 1 amide bonds. The molecule has 2 heterocycles. The van der Waals surface area contributed by atoms with Gasteiger partial charge in [-0.2, -0.15) is 0 Å². The average molecular weight is 383 g/mol. The second-order valence-corrected chi connectivity index (χ2v) is 7.86. The lowest BCUT2D eigenvalue weighted by molar-refractivity contribution is -0.134. The van der Waals surface area contributed by atoms with Crippen molar-refractivity contribution < 1.29 is 4.79 Å². The van der Waals surface area contributed by atoms with Crippen LogP contribution in [0, 0.1) is 0 Å². The van der Waals surface area contributed by atoms with Gasteiger partial charge in [0, 0.05) is 45.7 Å². The van der Waals surface area contributed by atoms with Gasteiger partial charge in [-0.05, 0) is 44.6 Å². The molecule has 5 nitrogen and oxygen atoms in total. The monoisotopic (exact) mass is 382 g/mol. The van der Waals surface area contributed by atoms with Crippen LogP contribution >= 0.6 is 0 Å². The zero-order chi connectivity index (χ0) is 19.8. The number of guanidine groups is 1. The molecular weight excluding hydrogens is 348 g/mol. The SMILES string of the molecule is CN=C(NCCC(=O)N1CCCCC1C)N1CCC(=Cc2ccccc2)CC1. The highest BCUT2D eigenvalue weighted by molar-refractivity contribution is 5.81. The molecule has 2 aliphatic heterocycles. The van der Waals surface area contributed by atoms with Crippen LogP contribution in [0.3, 0.4) is 0 Å². The minimum atomic E-state index is 0.266. The van der Waals surface area contributed by atoms with E-state index in [4.69, 9.17) is 0 Å². The summed E-state index contributed by atoms with van der Waals surface area (Å²) in [6.07, 6.45) is 8.47. The normalized spacial score (nSPS) is 20.9. The molecule has 1 unspecified atom stereocenters. The molecule has 5 heteroatoms. The fraction of sp³-hybridized carbons (Fsp3) is 0.565. The summed E-state index contributed by atoms with van der Waals surface area (Å²) in [5.41, 5.74) is 2.77. The predicted octanol–water partition coefficient (Wildman–Crippen LogP) is 3.53. The lowest BCUT2D eigenvalue weighted by Crippen LogP contribution is -2.46. The first kappa shape index (κ1) is 20.4. The minimum Gasteiger partial charge on any atom is -0.356 e. The zero-order valence-electron chi connectivity index (χ0n) is 17.4. The molecule has 28 heavy (non-hydrogen) atoms. The number of hydrogen-bond donors (Lipinski definition) is 1. The molecule has 0 radical (unpaired) electrons. The van der Waals surface area contributed by atoms with Crippen molar-refractivity contribution in [2.75, 3.05) is 33.2 Å². The molecule has 0 aromatic heterocycles. The van der Waals surface area contributed by atoms with Crippen molar-refractivity contribution in [2.45, 2.75) is 51.5 Å². The molecule has 3 rings (SSSR count). The van der Waals surface area contributed by atoms with Gasteiger partial charge in [0.1, 0.15) is 0 Å². The zero-order valence-corrected chi connectivity index (χ0v) is 17.4. The second-order valence-electron chi connectivity index (χ2n) is 7.86. The fourth-order valence-electron chi connectivity index (χ4n) is 4.16. The Bertz CT molecular complexity index is 688. The summed E-state index contributed by atoms with van der Waals surface area (Å²) in [5.74, 6) is 1.18. The first-order chi connectivity index (χ1) is 13.7. The highest BCUT2D eigenvalue weighted by Crippen LogP contribution is 2.20. The van der Waals surface area contributed by atoms with E-state index in [0.29, 0.717) is 19.0 Å². The van der Waals surface area contributed by atoms with Crippen LogP contribution in [0.1, 0.15) is 51.0 Å². The van der Waals surface area contributed by atoms with Crippen LogP contribution in [-0.4, -0.2) is 60.9 Å². The van der Waals surface area contributed by atoms with Crippen LogP contribution in [0.2, 0.25) is 0 Å². The molecule has 2 saturated heterocycles. The first-order valence-corrected chi connectivity index (χ1v) is 10.7. The molecule has 0 bridgehead atoms. The molecule has 2 aliphatic rings. The van der Waals surface area contributed by atoms with Gasteiger partial charge in [-0.1, -0.05) is 42.0 Å². The number of aliphatic imine (C=N–C) groups is 1. The smallest absolute Gasteiger partial charge is 0.224 e. The van der Waals surface area contributed by atoms with Crippen molar-refractivity contribution in [3.05, 3.63) is 41.5 Å². The van der Waals surface area contributed by atoms with Crippen molar-refractivity contribution in [1.29, 1.82) is 0 Å². The van der Waals surface area contributed by atoms with Crippen molar-refractivity contribution in [2.24, 2.45) is 4.99 Å². The Hall–Kier alpha value is -2.30. The number of likely N-dealkylation sites (tertiary alicyclic amines) is 2. The van der Waals surface area contributed by atoms with E-state index in [9.17, 15) is 4.79 Å². The van der Waals surface area contributed by atoms with Gasteiger partial charge in [0.05, 0.1) is 0 Å². The van der Waals surface area contributed by atoms with Crippen molar-refractivity contribution in [1.82, 2.24) is 15.1 Å². The predicted molar refractivity (Wildman–Crippen MR) is 116 cm³/mol. The maximum atomic E-state index is 12.5. The Morgan fingerprint density at radius 3 is 2.61 bits per heavy atom. The number of nitrogens with one attached hydrogen (secondary N) is 1. The van der Waals surface area contributed by atoms with Crippen LogP contribution in [-0.2, 0) is 4.79 Å². The summed E-state index contributed by atoms with van der Waals surface area (Å²) in [6, 6.07) is 10.9. The second kappa shape index (κ2) is 10.3. The minimum absolute atomic E-state index is 0.266. The number of piperidine rings is 2. The van der Waals surface area contributed by atoms with E-state index in [1.54, 1.807) is 0 Å². The van der Waals surface area contributed by atoms with Gasteiger partial charge in [0.2, 0.25) is 5.91 Å². The van der Waals surface area contributed by atoms with E-state index in [1.165, 1.54) is 17.6 Å². The number of carbonyl (C=O) groups excluding carboxylic acids is 1. The average Bonchev–Trinajstić information content (AvgIpc) is 2.73. The maximum Gasteiger partial charge on any atom is 0.224 e. The van der Waals surface area contributed by atoms with E-state index >= 15 is 0 Å². The van der Waals surface area contributed by atoms with E-state index in [0.717, 1.165) is 51.3 Å². The van der Waals surface area contributed by atoms with Crippen LogP contribution in [0.25, 0.3) is 6.08 Å². The fourth-order valence-corrected chi connectivity index (χ4v) is 4.16. The van der Waals surface area contributed by atoms with Gasteiger partial charge in [-0.3, -0.25) is 9.79 Å². The van der Waals surface area contributed by atoms with Crippen LogP contribution < -0.4 is 5.32 Å². The van der Waals surface area contributed by atoms with Crippen molar-refractivity contribution in [3.8, 4) is 0 Å². The van der Waals surface area contributed by atoms with Gasteiger partial charge >= 0.3 is 0 Å². The Labute approximate surface area is 169 Å². The molecule has 0 saturated carbocycles. The quantitative estimate of drug-likeness (QED) is 0.640. The number of benzene rings is 1. The number of rotatable bonds is 4. The summed E-state index contributed by atoms with van der Waals surface area (Å²) in [4.78, 5) is 21.3. The standard InChI is InChI=1S/C23H34N4O/c1-19-8-6-7-15-27(19)22(28)11-14-25-23(24-2)26-16-12-21(13-17-26)18-20-9-4-3-5-10-20/h3-5,9-10,18-19H,6-8,11-17H2,1-2H3,(H,24,25). The molecule has 0 aliphatic carbocycles. The van der Waals surface area contributed by atoms with Crippen LogP contribution in [0.15, 0.2) is 40.9 Å². The highest BCUT2D eigenvalue weighted by Gasteiger charge is 2.23. The third kappa shape index (κ3) is 5.60. The molecule has 2 fully saturated rings. The number of nitrogens with zero attached hydrogens (tertiary/aromatic N) is 3. The first-order valence-electron chi connectivity index (χ1n) is 10.7. The van der Waals surface area contributed by atoms with Gasteiger partial charge in [0.25, 0.3) is 0 Å². The van der Waals surface area contributed by atoms with Crippen molar-refractivity contribution >= 4 is 17.9 Å². The summed E-state index contributed by atoms with van der Waals surface area (Å²) in [5, 5.41) is 3.40. The third-order valence-electron chi connectivity index (χ3n) is 5.83. The van der Waals surface area contributed by atoms with E-state index < -0.39 is 0 Å². The Kier molecular flexibility index (Phi) is 7.52. The lowest BCUT2D eigenvalue weighted by atomic mass is 10.0. The van der Waals surface area contributed by atoms with Gasteiger partial charge in [0.15, 0.2) is 5.96 Å². The summed E-state index contributed by atoms with van der Waals surface area (Å²) in [7, 11) is 1.83. The van der Waals surface area contributed by atoms with Crippen LogP contribution in [0.5, 0.6) is 0 Å². The number of carbonyl (C=O) groups is 1. The summed E-state index contributed by atoms with van der Waals surface area (Å²) in [6.45, 7) is 5.66. The Balaban J connectivity index is 1.43. The van der Waals surface area contributed by atoms with E-state index in [1.807, 2.05) is 7.05 Å². The molecular formula is C23H34N4O. The topological polar surface area (TPSA) is 47.9 Å². The van der Waals surface area contributed by atoms with Gasteiger partial charge in [-0.15, -0.1) is 0 Å². The summed E-state index contributed by atoms with van der Waals surface area (Å²) >= 11 is 0. The lowest BCUT2D eigenvalue weighted by Gasteiger charge is -2.34. The Morgan fingerprint density at radius 1 is 1.18 bits per heavy atom. The molecule has 1 N–H and O–H groups in total. The highest BCUT2D eigenvalue weighted by atomic mass is 16.2. The molecule has 1 atom stereocenters. The number of hydrogen-bond acceptors (Lipinski definition) is 2.